The summed E-state index contributed by atoms with van der Waals surface area (Å²) in [6.45, 7) is 1.99. The summed E-state index contributed by atoms with van der Waals surface area (Å²) in [5.74, 6) is -0.914. The molecule has 0 spiro atoms. The van der Waals surface area contributed by atoms with Crippen molar-refractivity contribution in [1.82, 2.24) is 0 Å². The predicted molar refractivity (Wildman–Crippen MR) is 78.7 cm³/mol. The van der Waals surface area contributed by atoms with E-state index in [1.54, 1.807) is 29.5 Å². The zero-order valence-electron chi connectivity index (χ0n) is 9.68. The first-order valence-corrected chi connectivity index (χ1v) is 6.99. The van der Waals surface area contributed by atoms with Crippen LogP contribution in [0.4, 0.5) is 0 Å². The molecule has 2 aromatic rings. The summed E-state index contributed by atoms with van der Waals surface area (Å²) >= 11 is 4.88. The van der Waals surface area contributed by atoms with E-state index in [9.17, 15) is 9.90 Å². The molecule has 0 amide bonds. The molecule has 2 nitrogen and oxygen atoms in total. The van der Waals surface area contributed by atoms with Gasteiger partial charge in [0.05, 0.1) is 5.57 Å². The number of hydrogen-bond donors (Lipinski definition) is 1. The van der Waals surface area contributed by atoms with Crippen LogP contribution in [0.25, 0.3) is 11.6 Å². The average Bonchev–Trinajstić information content (AvgIpc) is 2.73. The van der Waals surface area contributed by atoms with E-state index in [4.69, 9.17) is 0 Å². The third-order valence-corrected chi connectivity index (χ3v) is 3.95. The Kier molecular flexibility index (Phi) is 3.99. The van der Waals surface area contributed by atoms with E-state index in [0.29, 0.717) is 11.1 Å². The number of hydrogen-bond acceptors (Lipinski definition) is 2. The second kappa shape index (κ2) is 5.50. The number of halogens is 1. The fraction of sp³-hybridized carbons (Fsp3) is 0.0714. The molecule has 0 aliphatic rings. The fourth-order valence-electron chi connectivity index (χ4n) is 1.57. The SMILES string of the molecule is Cc1csc(C=C(C(=O)O)c2ccc(Br)cc2)c1. The number of rotatable bonds is 3. The van der Waals surface area contributed by atoms with Crippen LogP contribution >= 0.6 is 27.3 Å². The van der Waals surface area contributed by atoms with Crippen molar-refractivity contribution in [3.63, 3.8) is 0 Å². The summed E-state index contributed by atoms with van der Waals surface area (Å²) in [5, 5.41) is 11.3. The zero-order valence-corrected chi connectivity index (χ0v) is 12.1. The van der Waals surface area contributed by atoms with Crippen molar-refractivity contribution in [1.29, 1.82) is 0 Å². The molecule has 0 radical (unpaired) electrons. The number of aliphatic carboxylic acids is 1. The van der Waals surface area contributed by atoms with Gasteiger partial charge in [-0.05, 0) is 47.7 Å². The molecule has 4 heteroatoms. The van der Waals surface area contributed by atoms with E-state index >= 15 is 0 Å². The minimum atomic E-state index is -0.914. The first-order chi connectivity index (χ1) is 8.56. The van der Waals surface area contributed by atoms with Crippen molar-refractivity contribution in [2.75, 3.05) is 0 Å². The van der Waals surface area contributed by atoms with E-state index in [2.05, 4.69) is 15.9 Å². The van der Waals surface area contributed by atoms with Gasteiger partial charge in [-0.15, -0.1) is 11.3 Å². The molecule has 0 aliphatic heterocycles. The number of benzene rings is 1. The van der Waals surface area contributed by atoms with Gasteiger partial charge in [-0.3, -0.25) is 0 Å². The maximum absolute atomic E-state index is 11.3. The standard InChI is InChI=1S/C14H11BrO2S/c1-9-6-12(18-8-9)7-13(14(16)17)10-2-4-11(15)5-3-10/h2-8H,1H3,(H,16,17). The summed E-state index contributed by atoms with van der Waals surface area (Å²) in [4.78, 5) is 12.3. The normalized spacial score (nSPS) is 11.6. The molecule has 1 heterocycles. The summed E-state index contributed by atoms with van der Waals surface area (Å²) in [5.41, 5.74) is 2.16. The van der Waals surface area contributed by atoms with Gasteiger partial charge in [-0.2, -0.15) is 0 Å². The summed E-state index contributed by atoms with van der Waals surface area (Å²) in [6.07, 6.45) is 1.71. The Morgan fingerprint density at radius 1 is 1.33 bits per heavy atom. The summed E-state index contributed by atoms with van der Waals surface area (Å²) in [6, 6.07) is 9.25. The molecule has 1 N–H and O–H groups in total. The number of aryl methyl sites for hydroxylation is 1. The van der Waals surface area contributed by atoms with E-state index < -0.39 is 5.97 Å². The van der Waals surface area contributed by atoms with Crippen molar-refractivity contribution in [2.45, 2.75) is 6.92 Å². The Labute approximate surface area is 118 Å². The Balaban J connectivity index is 2.43. The molecule has 92 valence electrons. The van der Waals surface area contributed by atoms with Crippen LogP contribution in [0.2, 0.25) is 0 Å². The van der Waals surface area contributed by atoms with E-state index in [1.165, 1.54) is 0 Å². The molecule has 1 aromatic heterocycles. The van der Waals surface area contributed by atoms with Gasteiger partial charge < -0.3 is 5.11 Å². The van der Waals surface area contributed by atoms with Crippen LogP contribution in [-0.4, -0.2) is 11.1 Å². The van der Waals surface area contributed by atoms with Gasteiger partial charge in [-0.25, -0.2) is 4.79 Å². The molecule has 0 fully saturated rings. The molecule has 0 saturated carbocycles. The van der Waals surface area contributed by atoms with Crippen molar-refractivity contribution in [3.05, 3.63) is 56.2 Å². The largest absolute Gasteiger partial charge is 0.478 e. The highest BCUT2D eigenvalue weighted by Crippen LogP contribution is 2.24. The Morgan fingerprint density at radius 2 is 2.00 bits per heavy atom. The van der Waals surface area contributed by atoms with Crippen LogP contribution in [0.15, 0.2) is 40.2 Å². The number of carbonyl (C=O) groups is 1. The maximum atomic E-state index is 11.3. The first-order valence-electron chi connectivity index (χ1n) is 5.32. The molecular weight excluding hydrogens is 312 g/mol. The lowest BCUT2D eigenvalue weighted by Crippen LogP contribution is -1.99. The van der Waals surface area contributed by atoms with Crippen LogP contribution in [0.3, 0.4) is 0 Å². The summed E-state index contributed by atoms with van der Waals surface area (Å²) < 4.78 is 0.933. The smallest absolute Gasteiger partial charge is 0.336 e. The van der Waals surface area contributed by atoms with Gasteiger partial charge in [0, 0.05) is 9.35 Å². The number of thiophene rings is 1. The number of carboxylic acids is 1. The monoisotopic (exact) mass is 322 g/mol. The van der Waals surface area contributed by atoms with Crippen molar-refractivity contribution in [2.24, 2.45) is 0 Å². The average molecular weight is 323 g/mol. The van der Waals surface area contributed by atoms with Gasteiger partial charge >= 0.3 is 5.97 Å². The lowest BCUT2D eigenvalue weighted by atomic mass is 10.1. The molecule has 2 rings (SSSR count). The van der Waals surface area contributed by atoms with E-state index in [0.717, 1.165) is 14.9 Å². The highest BCUT2D eigenvalue weighted by atomic mass is 79.9. The van der Waals surface area contributed by atoms with Gasteiger partial charge in [0.1, 0.15) is 0 Å². The van der Waals surface area contributed by atoms with Gasteiger partial charge in [0.15, 0.2) is 0 Å². The fourth-order valence-corrected chi connectivity index (χ4v) is 2.66. The highest BCUT2D eigenvalue weighted by molar-refractivity contribution is 9.10. The first kappa shape index (κ1) is 13.1. The Bertz CT molecular complexity index is 597. The molecular formula is C14H11BrO2S. The molecule has 0 atom stereocenters. The quantitative estimate of drug-likeness (QED) is 0.848. The van der Waals surface area contributed by atoms with Crippen LogP contribution in [-0.2, 0) is 4.79 Å². The van der Waals surface area contributed by atoms with Crippen molar-refractivity contribution < 1.29 is 9.90 Å². The van der Waals surface area contributed by atoms with E-state index in [1.807, 2.05) is 30.5 Å². The predicted octanol–water partition coefficient (Wildman–Crippen LogP) is 4.44. The third kappa shape index (κ3) is 3.09. The summed E-state index contributed by atoms with van der Waals surface area (Å²) in [7, 11) is 0. The molecule has 0 saturated heterocycles. The second-order valence-electron chi connectivity index (χ2n) is 3.90. The third-order valence-electron chi connectivity index (χ3n) is 2.42. The van der Waals surface area contributed by atoms with Gasteiger partial charge in [0.2, 0.25) is 0 Å². The molecule has 0 bridgehead atoms. The molecule has 0 aliphatic carbocycles. The van der Waals surface area contributed by atoms with Crippen molar-refractivity contribution in [3.8, 4) is 0 Å². The van der Waals surface area contributed by atoms with Crippen LogP contribution in [0.5, 0.6) is 0 Å². The second-order valence-corrected chi connectivity index (χ2v) is 5.75. The van der Waals surface area contributed by atoms with Crippen LogP contribution in [0, 0.1) is 6.92 Å². The number of carboxylic acid groups (broad SMARTS) is 1. The molecule has 1 aromatic carbocycles. The minimum absolute atomic E-state index is 0.310. The Morgan fingerprint density at radius 3 is 2.50 bits per heavy atom. The molecule has 18 heavy (non-hydrogen) atoms. The van der Waals surface area contributed by atoms with Crippen LogP contribution in [0.1, 0.15) is 16.0 Å². The molecule has 0 unspecified atom stereocenters. The Hall–Kier alpha value is -1.39. The minimum Gasteiger partial charge on any atom is -0.478 e. The lowest BCUT2D eigenvalue weighted by Gasteiger charge is -2.02. The van der Waals surface area contributed by atoms with Gasteiger partial charge in [-0.1, -0.05) is 28.1 Å². The van der Waals surface area contributed by atoms with E-state index in [-0.39, 0.29) is 0 Å². The zero-order chi connectivity index (χ0) is 13.1. The van der Waals surface area contributed by atoms with Crippen molar-refractivity contribution >= 4 is 44.9 Å². The highest BCUT2D eigenvalue weighted by Gasteiger charge is 2.10. The maximum Gasteiger partial charge on any atom is 0.336 e. The van der Waals surface area contributed by atoms with Gasteiger partial charge in [0.25, 0.3) is 0 Å². The van der Waals surface area contributed by atoms with Crippen LogP contribution < -0.4 is 0 Å². The lowest BCUT2D eigenvalue weighted by molar-refractivity contribution is -0.130. The topological polar surface area (TPSA) is 37.3 Å².